The molecule has 1 saturated heterocycles. The maximum absolute atomic E-state index is 12.0. The molecule has 5 nitrogen and oxygen atoms in total. The van der Waals surface area contributed by atoms with Gasteiger partial charge in [-0.1, -0.05) is 12.1 Å². The van der Waals surface area contributed by atoms with Crippen molar-refractivity contribution in [2.45, 2.75) is 17.7 Å². The van der Waals surface area contributed by atoms with E-state index in [1.54, 1.807) is 12.1 Å². The van der Waals surface area contributed by atoms with E-state index in [2.05, 4.69) is 9.71 Å². The maximum Gasteiger partial charge on any atom is 0.285 e. The molecule has 1 atom stereocenters. The van der Waals surface area contributed by atoms with E-state index in [4.69, 9.17) is 0 Å². The third kappa shape index (κ3) is 2.45. The van der Waals surface area contributed by atoms with Crippen LogP contribution >= 0.6 is 0 Å². The number of piperidine rings is 1. The lowest BCUT2D eigenvalue weighted by Gasteiger charge is -2.28. The highest BCUT2D eigenvalue weighted by Gasteiger charge is 2.31. The fourth-order valence-corrected chi connectivity index (χ4v) is 4.17. The molecule has 1 aromatic rings. The van der Waals surface area contributed by atoms with Gasteiger partial charge >= 0.3 is 0 Å². The number of sulfonamides is 1. The molecule has 1 N–H and O–H groups in total. The summed E-state index contributed by atoms with van der Waals surface area (Å²) < 4.78 is 28.0. The van der Waals surface area contributed by atoms with E-state index in [1.807, 2.05) is 24.1 Å². The highest BCUT2D eigenvalue weighted by molar-refractivity contribution is 7.90. The number of nitrogens with one attached hydrogen (secondary N) is 1. The maximum atomic E-state index is 12.0. The molecule has 2 heterocycles. The first-order chi connectivity index (χ1) is 9.58. The first-order valence-electron chi connectivity index (χ1n) is 6.94. The highest BCUT2D eigenvalue weighted by Crippen LogP contribution is 2.27. The van der Waals surface area contributed by atoms with Gasteiger partial charge in [0.25, 0.3) is 10.0 Å². The molecule has 0 saturated carbocycles. The van der Waals surface area contributed by atoms with Crippen LogP contribution < -0.4 is 5.32 Å². The van der Waals surface area contributed by atoms with Crippen molar-refractivity contribution >= 4 is 15.9 Å². The van der Waals surface area contributed by atoms with Crippen LogP contribution in [0.4, 0.5) is 0 Å². The minimum absolute atomic E-state index is 0.323. The number of fused-ring (bicyclic) bond motifs is 1. The molecule has 1 unspecified atom stereocenters. The van der Waals surface area contributed by atoms with E-state index in [-0.39, 0.29) is 0 Å². The Morgan fingerprint density at radius 1 is 1.40 bits per heavy atom. The van der Waals surface area contributed by atoms with Gasteiger partial charge in [-0.15, -0.1) is 4.40 Å². The number of benzene rings is 1. The fraction of sp³-hybridized carbons (Fsp3) is 0.500. The Labute approximate surface area is 119 Å². The fourth-order valence-electron chi connectivity index (χ4n) is 2.92. The first kappa shape index (κ1) is 13.6. The van der Waals surface area contributed by atoms with Crippen LogP contribution in [0.25, 0.3) is 0 Å². The smallest absolute Gasteiger partial charge is 0.285 e. The Hall–Kier alpha value is -1.40. The molecule has 1 aromatic carbocycles. The minimum Gasteiger partial charge on any atom is -0.358 e. The molecular formula is C14H19N3O2S. The van der Waals surface area contributed by atoms with E-state index >= 15 is 0 Å². The Morgan fingerprint density at radius 3 is 2.95 bits per heavy atom. The molecule has 0 aliphatic carbocycles. The monoisotopic (exact) mass is 293 g/mol. The van der Waals surface area contributed by atoms with Gasteiger partial charge in [-0.25, -0.2) is 0 Å². The van der Waals surface area contributed by atoms with Crippen molar-refractivity contribution in [1.29, 1.82) is 0 Å². The van der Waals surface area contributed by atoms with Crippen LogP contribution in [0.5, 0.6) is 0 Å². The minimum atomic E-state index is -3.51. The van der Waals surface area contributed by atoms with Gasteiger partial charge in [0.15, 0.2) is 5.84 Å². The van der Waals surface area contributed by atoms with Crippen molar-refractivity contribution in [2.24, 2.45) is 10.3 Å². The van der Waals surface area contributed by atoms with E-state index in [0.717, 1.165) is 25.2 Å². The second kappa shape index (κ2) is 5.18. The summed E-state index contributed by atoms with van der Waals surface area (Å²) in [6.07, 6.45) is 2.36. The van der Waals surface area contributed by atoms with Gasteiger partial charge in [-0.3, -0.25) is 0 Å². The van der Waals surface area contributed by atoms with Gasteiger partial charge in [0, 0.05) is 19.2 Å². The van der Waals surface area contributed by atoms with E-state index in [1.165, 1.54) is 12.8 Å². The summed E-state index contributed by atoms with van der Waals surface area (Å²) in [4.78, 5) is 2.30. The van der Waals surface area contributed by atoms with E-state index < -0.39 is 10.0 Å². The predicted octanol–water partition coefficient (Wildman–Crippen LogP) is 1.07. The van der Waals surface area contributed by atoms with E-state index in [0.29, 0.717) is 16.6 Å². The van der Waals surface area contributed by atoms with Gasteiger partial charge in [-0.2, -0.15) is 8.42 Å². The van der Waals surface area contributed by atoms with Gasteiger partial charge in [-0.05, 0) is 44.0 Å². The lowest BCUT2D eigenvalue weighted by atomic mass is 9.99. The molecule has 0 bridgehead atoms. The molecule has 2 aliphatic heterocycles. The Balaban J connectivity index is 1.83. The quantitative estimate of drug-likeness (QED) is 0.886. The zero-order chi connectivity index (χ0) is 14.2. The van der Waals surface area contributed by atoms with Crippen LogP contribution in [0.1, 0.15) is 18.4 Å². The molecule has 0 spiro atoms. The normalized spacial score (nSPS) is 24.1. The number of amidine groups is 1. The summed E-state index contributed by atoms with van der Waals surface area (Å²) in [5.74, 6) is 1.12. The van der Waals surface area contributed by atoms with Crippen molar-refractivity contribution in [3.8, 4) is 0 Å². The summed E-state index contributed by atoms with van der Waals surface area (Å²) in [7, 11) is -1.59. The van der Waals surface area contributed by atoms with Crippen LogP contribution in [-0.2, 0) is 10.0 Å². The third-order valence-corrected chi connectivity index (χ3v) is 5.23. The molecule has 3 rings (SSSR count). The zero-order valence-electron chi connectivity index (χ0n) is 11.5. The van der Waals surface area contributed by atoms with Crippen LogP contribution in [0, 0.1) is 5.92 Å². The topological polar surface area (TPSA) is 61.8 Å². The number of hydrogen-bond acceptors (Lipinski definition) is 4. The molecule has 20 heavy (non-hydrogen) atoms. The van der Waals surface area contributed by atoms with Gasteiger partial charge < -0.3 is 10.2 Å². The zero-order valence-corrected chi connectivity index (χ0v) is 12.4. The average molecular weight is 293 g/mol. The number of rotatable bonds is 2. The molecule has 0 aromatic heterocycles. The van der Waals surface area contributed by atoms with Crippen molar-refractivity contribution < 1.29 is 8.42 Å². The molecule has 108 valence electrons. The number of hydrogen-bond donors (Lipinski definition) is 1. The summed E-state index contributed by atoms with van der Waals surface area (Å²) in [6.45, 7) is 2.90. The highest BCUT2D eigenvalue weighted by atomic mass is 32.2. The Kier molecular flexibility index (Phi) is 3.52. The third-order valence-electron chi connectivity index (χ3n) is 3.91. The molecular weight excluding hydrogens is 274 g/mol. The SMILES string of the molecule is CN(CC1CCCNC1)C1=NS(=O)(=O)c2ccccc21. The second-order valence-corrected chi connectivity index (χ2v) is 7.05. The van der Waals surface area contributed by atoms with Crippen LogP contribution in [-0.4, -0.2) is 45.8 Å². The molecule has 0 radical (unpaired) electrons. The summed E-state index contributed by atoms with van der Waals surface area (Å²) in [5, 5.41) is 3.38. The first-order valence-corrected chi connectivity index (χ1v) is 8.38. The molecule has 2 aliphatic rings. The van der Waals surface area contributed by atoms with E-state index in [9.17, 15) is 8.42 Å². The summed E-state index contributed by atoms with van der Waals surface area (Å²) in [6, 6.07) is 7.04. The Morgan fingerprint density at radius 2 is 2.20 bits per heavy atom. The van der Waals surface area contributed by atoms with Crippen LogP contribution in [0.2, 0.25) is 0 Å². The molecule has 6 heteroatoms. The predicted molar refractivity (Wildman–Crippen MR) is 78.4 cm³/mol. The number of nitrogens with zero attached hydrogens (tertiary/aromatic N) is 2. The summed E-state index contributed by atoms with van der Waals surface area (Å²) in [5.41, 5.74) is 0.721. The van der Waals surface area contributed by atoms with Gasteiger partial charge in [0.2, 0.25) is 0 Å². The summed E-state index contributed by atoms with van der Waals surface area (Å²) >= 11 is 0. The molecule has 1 fully saturated rings. The van der Waals surface area contributed by atoms with Crippen LogP contribution in [0.15, 0.2) is 33.6 Å². The Bertz CT molecular complexity index is 634. The molecule has 0 amide bonds. The lowest BCUT2D eigenvalue weighted by Crippen LogP contribution is -2.39. The standard InChI is InChI=1S/C14H19N3O2S/c1-17(10-11-5-4-8-15-9-11)14-12-6-2-3-7-13(12)20(18,19)16-14/h2-3,6-7,11,15H,4-5,8-10H2,1H3. The van der Waals surface area contributed by atoms with Crippen molar-refractivity contribution in [1.82, 2.24) is 10.2 Å². The van der Waals surface area contributed by atoms with Crippen molar-refractivity contribution in [3.05, 3.63) is 29.8 Å². The van der Waals surface area contributed by atoms with Crippen molar-refractivity contribution in [3.63, 3.8) is 0 Å². The second-order valence-electron chi connectivity index (χ2n) is 5.48. The van der Waals surface area contributed by atoms with Crippen molar-refractivity contribution in [2.75, 3.05) is 26.7 Å². The average Bonchev–Trinajstić information content (AvgIpc) is 2.73. The van der Waals surface area contributed by atoms with Crippen LogP contribution in [0.3, 0.4) is 0 Å². The largest absolute Gasteiger partial charge is 0.358 e. The van der Waals surface area contributed by atoms with Gasteiger partial charge in [0.05, 0.1) is 0 Å². The van der Waals surface area contributed by atoms with Gasteiger partial charge in [0.1, 0.15) is 4.90 Å². The lowest BCUT2D eigenvalue weighted by molar-refractivity contribution is 0.312.